The Hall–Kier alpha value is -4.14. The van der Waals surface area contributed by atoms with Crippen molar-refractivity contribution in [2.45, 2.75) is 26.3 Å². The molecule has 1 aliphatic heterocycles. The Morgan fingerprint density at radius 1 is 1.11 bits per heavy atom. The number of methoxy groups -OCH3 is 1. The molecule has 9 heteroatoms. The Balaban J connectivity index is 1.62. The van der Waals surface area contributed by atoms with Gasteiger partial charge in [0.25, 0.3) is 0 Å². The highest BCUT2D eigenvalue weighted by Crippen LogP contribution is 2.37. The number of benzene rings is 2. The summed E-state index contributed by atoms with van der Waals surface area (Å²) in [7, 11) is 1.63. The molecule has 2 aromatic carbocycles. The van der Waals surface area contributed by atoms with Gasteiger partial charge in [-0.25, -0.2) is 9.67 Å². The monoisotopic (exact) mass is 486 g/mol. The SMILES string of the molecule is CCOC(=O)[C@@H]1CCCN(c2nc(-c3ccccc3OC)c3c(N)n(Cc4ccccc4)nc3n2)C1. The minimum atomic E-state index is -0.214. The third-order valence-electron chi connectivity index (χ3n) is 6.49. The molecule has 1 fully saturated rings. The topological polar surface area (TPSA) is 108 Å². The molecular weight excluding hydrogens is 456 g/mol. The van der Waals surface area contributed by atoms with Crippen molar-refractivity contribution in [3.8, 4) is 17.0 Å². The number of hydrogen-bond donors (Lipinski definition) is 1. The van der Waals surface area contributed by atoms with E-state index < -0.39 is 0 Å². The number of fused-ring (bicyclic) bond motifs is 1. The first kappa shape index (κ1) is 23.6. The number of esters is 1. The molecule has 2 aromatic heterocycles. The van der Waals surface area contributed by atoms with Crippen LogP contribution in [0, 0.1) is 5.92 Å². The molecule has 0 aliphatic carbocycles. The summed E-state index contributed by atoms with van der Waals surface area (Å²) in [6, 6.07) is 17.7. The van der Waals surface area contributed by atoms with Crippen LogP contribution in [0.5, 0.6) is 5.75 Å². The summed E-state index contributed by atoms with van der Waals surface area (Å²) in [6.07, 6.45) is 1.63. The van der Waals surface area contributed by atoms with Crippen molar-refractivity contribution in [2.75, 3.05) is 37.4 Å². The second-order valence-corrected chi connectivity index (χ2v) is 8.84. The lowest BCUT2D eigenvalue weighted by Gasteiger charge is -2.31. The van der Waals surface area contributed by atoms with Crippen molar-refractivity contribution in [2.24, 2.45) is 5.92 Å². The largest absolute Gasteiger partial charge is 0.496 e. The number of aromatic nitrogens is 4. The van der Waals surface area contributed by atoms with Crippen LogP contribution in [0.1, 0.15) is 25.3 Å². The van der Waals surface area contributed by atoms with Gasteiger partial charge in [-0.3, -0.25) is 4.79 Å². The molecule has 3 heterocycles. The molecule has 0 saturated carbocycles. The standard InChI is InChI=1S/C27H30N6O3/c1-3-36-26(34)19-12-9-15-32(17-19)27-29-23(20-13-7-8-14-21(20)35-2)22-24(28)33(31-25(22)30-27)16-18-10-5-4-6-11-18/h4-8,10-11,13-14,19H,3,9,12,15-17,28H2,1-2H3/t19-/m1/s1. The zero-order chi connectivity index (χ0) is 25.1. The van der Waals surface area contributed by atoms with Gasteiger partial charge in [0, 0.05) is 18.7 Å². The van der Waals surface area contributed by atoms with Crippen molar-refractivity contribution in [1.82, 2.24) is 19.7 Å². The fraction of sp³-hybridized carbons (Fsp3) is 0.333. The molecule has 0 spiro atoms. The maximum atomic E-state index is 12.4. The molecule has 9 nitrogen and oxygen atoms in total. The smallest absolute Gasteiger partial charge is 0.310 e. The van der Waals surface area contributed by atoms with Crippen LogP contribution in [0.3, 0.4) is 0 Å². The highest BCUT2D eigenvalue weighted by Gasteiger charge is 2.30. The number of hydrogen-bond acceptors (Lipinski definition) is 8. The van der Waals surface area contributed by atoms with Crippen LogP contribution in [0.4, 0.5) is 11.8 Å². The zero-order valence-corrected chi connectivity index (χ0v) is 20.6. The number of nitrogens with two attached hydrogens (primary N) is 1. The average Bonchev–Trinajstić information content (AvgIpc) is 3.23. The highest BCUT2D eigenvalue weighted by molar-refractivity contribution is 6.00. The van der Waals surface area contributed by atoms with E-state index in [0.29, 0.717) is 53.9 Å². The summed E-state index contributed by atoms with van der Waals surface area (Å²) in [5.41, 5.74) is 9.69. The van der Waals surface area contributed by atoms with E-state index in [1.165, 1.54) is 0 Å². The van der Waals surface area contributed by atoms with Crippen LogP contribution in [-0.4, -0.2) is 52.5 Å². The number of rotatable bonds is 7. The first-order valence-corrected chi connectivity index (χ1v) is 12.2. The summed E-state index contributed by atoms with van der Waals surface area (Å²) in [5, 5.41) is 5.45. The molecule has 5 rings (SSSR count). The second-order valence-electron chi connectivity index (χ2n) is 8.84. The van der Waals surface area contributed by atoms with Gasteiger partial charge < -0.3 is 20.1 Å². The van der Waals surface area contributed by atoms with Gasteiger partial charge in [-0.15, -0.1) is 5.10 Å². The lowest BCUT2D eigenvalue weighted by Crippen LogP contribution is -2.40. The van der Waals surface area contributed by atoms with Crippen LogP contribution in [0.15, 0.2) is 54.6 Å². The van der Waals surface area contributed by atoms with E-state index in [1.54, 1.807) is 11.8 Å². The average molecular weight is 487 g/mol. The van der Waals surface area contributed by atoms with Gasteiger partial charge >= 0.3 is 5.97 Å². The first-order valence-electron chi connectivity index (χ1n) is 12.2. The van der Waals surface area contributed by atoms with Crippen molar-refractivity contribution >= 4 is 28.8 Å². The van der Waals surface area contributed by atoms with Gasteiger partial charge in [0.1, 0.15) is 11.6 Å². The van der Waals surface area contributed by atoms with Crippen molar-refractivity contribution in [3.05, 3.63) is 60.2 Å². The lowest BCUT2D eigenvalue weighted by atomic mass is 9.98. The van der Waals surface area contributed by atoms with Gasteiger partial charge in [-0.1, -0.05) is 42.5 Å². The van der Waals surface area contributed by atoms with E-state index >= 15 is 0 Å². The maximum Gasteiger partial charge on any atom is 0.310 e. The molecule has 1 atom stereocenters. The summed E-state index contributed by atoms with van der Waals surface area (Å²) in [6.45, 7) is 3.94. The zero-order valence-electron chi connectivity index (χ0n) is 20.6. The molecule has 0 unspecified atom stereocenters. The van der Waals surface area contributed by atoms with Gasteiger partial charge in [-0.2, -0.15) is 4.98 Å². The van der Waals surface area contributed by atoms with E-state index in [-0.39, 0.29) is 11.9 Å². The fourth-order valence-electron chi connectivity index (χ4n) is 4.71. The number of piperidine rings is 1. The number of carbonyl (C=O) groups excluding carboxylic acids is 1. The van der Waals surface area contributed by atoms with Crippen LogP contribution in [-0.2, 0) is 16.1 Å². The lowest BCUT2D eigenvalue weighted by molar-refractivity contribution is -0.148. The Bertz CT molecular complexity index is 1370. The third kappa shape index (κ3) is 4.56. The molecule has 4 aromatic rings. The first-order chi connectivity index (χ1) is 17.6. The van der Waals surface area contributed by atoms with Crippen LogP contribution >= 0.6 is 0 Å². The molecule has 1 saturated heterocycles. The molecule has 186 valence electrons. The number of nitrogens with zero attached hydrogens (tertiary/aromatic N) is 5. The quantitative estimate of drug-likeness (QED) is 0.392. The Kier molecular flexibility index (Phi) is 6.71. The summed E-state index contributed by atoms with van der Waals surface area (Å²) < 4.78 is 12.7. The highest BCUT2D eigenvalue weighted by atomic mass is 16.5. The number of para-hydroxylation sites is 1. The second kappa shape index (κ2) is 10.2. The van der Waals surface area contributed by atoms with Crippen LogP contribution in [0.25, 0.3) is 22.3 Å². The van der Waals surface area contributed by atoms with E-state index in [2.05, 4.69) is 0 Å². The minimum absolute atomic E-state index is 0.176. The number of nitrogen functional groups attached to an aromatic ring is 1. The van der Waals surface area contributed by atoms with E-state index in [1.807, 2.05) is 66.4 Å². The number of anilines is 2. The van der Waals surface area contributed by atoms with E-state index in [0.717, 1.165) is 30.5 Å². The van der Waals surface area contributed by atoms with Crippen molar-refractivity contribution in [3.63, 3.8) is 0 Å². The maximum absolute atomic E-state index is 12.4. The Morgan fingerprint density at radius 2 is 1.89 bits per heavy atom. The summed E-state index contributed by atoms with van der Waals surface area (Å²) in [4.78, 5) is 24.3. The predicted molar refractivity (Wildman–Crippen MR) is 139 cm³/mol. The fourth-order valence-corrected chi connectivity index (χ4v) is 4.71. The third-order valence-corrected chi connectivity index (χ3v) is 6.49. The minimum Gasteiger partial charge on any atom is -0.496 e. The van der Waals surface area contributed by atoms with Gasteiger partial charge in [0.2, 0.25) is 5.95 Å². The molecule has 0 radical (unpaired) electrons. The Morgan fingerprint density at radius 3 is 2.67 bits per heavy atom. The van der Waals surface area contributed by atoms with Crippen molar-refractivity contribution in [1.29, 1.82) is 0 Å². The molecule has 2 N–H and O–H groups in total. The molecule has 1 aliphatic rings. The van der Waals surface area contributed by atoms with Gasteiger partial charge in [-0.05, 0) is 37.5 Å². The molecule has 36 heavy (non-hydrogen) atoms. The predicted octanol–water partition coefficient (Wildman–Crippen LogP) is 3.91. The number of carbonyl (C=O) groups is 1. The summed E-state index contributed by atoms with van der Waals surface area (Å²) in [5.74, 6) is 1.30. The van der Waals surface area contributed by atoms with E-state index in [9.17, 15) is 4.79 Å². The van der Waals surface area contributed by atoms with E-state index in [4.69, 9.17) is 30.3 Å². The molecular formula is C27H30N6O3. The van der Waals surface area contributed by atoms with Crippen LogP contribution < -0.4 is 15.4 Å². The molecule has 0 amide bonds. The van der Waals surface area contributed by atoms with Gasteiger partial charge in [0.15, 0.2) is 5.65 Å². The molecule has 0 bridgehead atoms. The van der Waals surface area contributed by atoms with Crippen molar-refractivity contribution < 1.29 is 14.3 Å². The van der Waals surface area contributed by atoms with Gasteiger partial charge in [0.05, 0.1) is 37.3 Å². The Labute approximate surface area is 209 Å². The normalized spacial score (nSPS) is 15.7. The number of ether oxygens (including phenoxy) is 2. The van der Waals surface area contributed by atoms with Crippen LogP contribution in [0.2, 0.25) is 0 Å². The summed E-state index contributed by atoms with van der Waals surface area (Å²) >= 11 is 0.